The molecule has 0 radical (unpaired) electrons. The van der Waals surface area contributed by atoms with Crippen LogP contribution in [0.5, 0.6) is 0 Å². The highest BCUT2D eigenvalue weighted by molar-refractivity contribution is 9.10. The number of ether oxygens (including phenoxy) is 1. The molecular weight excluding hydrogens is 339 g/mol. The van der Waals surface area contributed by atoms with Crippen LogP contribution in [0.15, 0.2) is 34.3 Å². The summed E-state index contributed by atoms with van der Waals surface area (Å²) in [6, 6.07) is 3.53. The van der Waals surface area contributed by atoms with Crippen LogP contribution in [0.4, 0.5) is 18.9 Å². The largest absolute Gasteiger partial charge is 0.466 e. The molecule has 0 amide bonds. The van der Waals surface area contributed by atoms with Gasteiger partial charge in [-0.05, 0) is 25.1 Å². The Hall–Kier alpha value is -1.50. The molecule has 0 bridgehead atoms. The van der Waals surface area contributed by atoms with Crippen molar-refractivity contribution in [2.75, 3.05) is 19.0 Å². The zero-order valence-corrected chi connectivity index (χ0v) is 12.4. The molecule has 0 aliphatic carbocycles. The van der Waals surface area contributed by atoms with Crippen molar-refractivity contribution in [2.45, 2.75) is 13.1 Å². The van der Waals surface area contributed by atoms with Crippen LogP contribution in [0.3, 0.4) is 0 Å². The fourth-order valence-corrected chi connectivity index (χ4v) is 1.91. The van der Waals surface area contributed by atoms with Crippen LogP contribution in [0.2, 0.25) is 0 Å². The van der Waals surface area contributed by atoms with Crippen molar-refractivity contribution >= 4 is 27.6 Å². The lowest BCUT2D eigenvalue weighted by Gasteiger charge is -2.11. The SMILES string of the molecule is COC(=O)/C(C)=C/CNc1cc(Br)cc(C(F)(F)F)c1. The normalized spacial score (nSPS) is 12.2. The molecule has 0 saturated heterocycles. The number of hydrogen-bond donors (Lipinski definition) is 1. The zero-order valence-electron chi connectivity index (χ0n) is 10.8. The Labute approximate surface area is 122 Å². The molecule has 0 spiro atoms. The Kier molecular flexibility index (Phi) is 5.62. The molecule has 0 aliphatic heterocycles. The summed E-state index contributed by atoms with van der Waals surface area (Å²) >= 11 is 3.03. The average molecular weight is 352 g/mol. The van der Waals surface area contributed by atoms with Crippen LogP contribution in [0, 0.1) is 0 Å². The van der Waals surface area contributed by atoms with Crippen molar-refractivity contribution in [1.29, 1.82) is 0 Å². The van der Waals surface area contributed by atoms with E-state index in [0.717, 1.165) is 12.1 Å². The van der Waals surface area contributed by atoms with Gasteiger partial charge in [-0.3, -0.25) is 0 Å². The molecule has 0 saturated carbocycles. The molecule has 0 unspecified atom stereocenters. The van der Waals surface area contributed by atoms with Crippen molar-refractivity contribution in [2.24, 2.45) is 0 Å². The summed E-state index contributed by atoms with van der Waals surface area (Å²) in [5.41, 5.74) is -0.0605. The van der Waals surface area contributed by atoms with Crippen LogP contribution in [0.25, 0.3) is 0 Å². The van der Waals surface area contributed by atoms with Crippen molar-refractivity contribution in [3.05, 3.63) is 39.9 Å². The molecule has 0 fully saturated rings. The molecule has 3 nitrogen and oxygen atoms in total. The first kappa shape index (κ1) is 16.6. The Morgan fingerprint density at radius 3 is 2.60 bits per heavy atom. The van der Waals surface area contributed by atoms with Crippen molar-refractivity contribution < 1.29 is 22.7 Å². The maximum Gasteiger partial charge on any atom is 0.416 e. The molecular formula is C13H13BrF3NO2. The fraction of sp³-hybridized carbons (Fsp3) is 0.308. The second kappa shape index (κ2) is 6.78. The van der Waals surface area contributed by atoms with E-state index < -0.39 is 17.7 Å². The minimum absolute atomic E-state index is 0.217. The number of esters is 1. The van der Waals surface area contributed by atoms with E-state index in [4.69, 9.17) is 0 Å². The lowest BCUT2D eigenvalue weighted by atomic mass is 10.2. The second-order valence-electron chi connectivity index (χ2n) is 3.99. The first-order valence-electron chi connectivity index (χ1n) is 5.60. The van der Waals surface area contributed by atoms with Crippen LogP contribution in [0.1, 0.15) is 12.5 Å². The number of benzene rings is 1. The topological polar surface area (TPSA) is 38.3 Å². The lowest BCUT2D eigenvalue weighted by molar-refractivity contribution is -0.137. The van der Waals surface area contributed by atoms with E-state index in [0.29, 0.717) is 15.7 Å². The molecule has 7 heteroatoms. The van der Waals surface area contributed by atoms with Crippen molar-refractivity contribution in [3.63, 3.8) is 0 Å². The summed E-state index contributed by atoms with van der Waals surface area (Å²) in [4.78, 5) is 11.1. The maximum atomic E-state index is 12.6. The van der Waals surface area contributed by atoms with Crippen LogP contribution in [-0.4, -0.2) is 19.6 Å². The number of alkyl halides is 3. The van der Waals surface area contributed by atoms with Gasteiger partial charge in [0.05, 0.1) is 12.7 Å². The second-order valence-corrected chi connectivity index (χ2v) is 4.90. The standard InChI is InChI=1S/C13H13BrF3NO2/c1-8(12(19)20-2)3-4-18-11-6-9(13(15,16)17)5-10(14)7-11/h3,5-7,18H,4H2,1-2H3/b8-3+. The first-order chi connectivity index (χ1) is 9.24. The quantitative estimate of drug-likeness (QED) is 0.658. The van der Waals surface area contributed by atoms with Gasteiger partial charge in [-0.25, -0.2) is 4.79 Å². The molecule has 0 atom stereocenters. The van der Waals surface area contributed by atoms with E-state index >= 15 is 0 Å². The van der Waals surface area contributed by atoms with E-state index in [2.05, 4.69) is 26.0 Å². The van der Waals surface area contributed by atoms with Gasteiger partial charge < -0.3 is 10.1 Å². The third-order valence-electron chi connectivity index (χ3n) is 2.45. The van der Waals surface area contributed by atoms with Gasteiger partial charge in [0.15, 0.2) is 0 Å². The predicted molar refractivity (Wildman–Crippen MR) is 73.4 cm³/mol. The van der Waals surface area contributed by atoms with E-state index in [1.807, 2.05) is 0 Å². The molecule has 1 aromatic carbocycles. The van der Waals surface area contributed by atoms with Gasteiger partial charge in [-0.15, -0.1) is 0 Å². The zero-order chi connectivity index (χ0) is 15.3. The third-order valence-corrected chi connectivity index (χ3v) is 2.90. The highest BCUT2D eigenvalue weighted by Gasteiger charge is 2.31. The minimum Gasteiger partial charge on any atom is -0.466 e. The Morgan fingerprint density at radius 2 is 2.05 bits per heavy atom. The highest BCUT2D eigenvalue weighted by Crippen LogP contribution is 2.33. The van der Waals surface area contributed by atoms with Crippen LogP contribution < -0.4 is 5.32 Å². The van der Waals surface area contributed by atoms with E-state index in [9.17, 15) is 18.0 Å². The van der Waals surface area contributed by atoms with Crippen molar-refractivity contribution in [1.82, 2.24) is 0 Å². The fourth-order valence-electron chi connectivity index (χ4n) is 1.42. The maximum absolute atomic E-state index is 12.6. The lowest BCUT2D eigenvalue weighted by Crippen LogP contribution is -2.08. The molecule has 1 aromatic rings. The third kappa shape index (κ3) is 4.88. The first-order valence-corrected chi connectivity index (χ1v) is 6.40. The molecule has 1 rings (SSSR count). The van der Waals surface area contributed by atoms with Gasteiger partial charge in [-0.1, -0.05) is 22.0 Å². The Balaban J connectivity index is 2.79. The number of hydrogen-bond acceptors (Lipinski definition) is 3. The molecule has 20 heavy (non-hydrogen) atoms. The summed E-state index contributed by atoms with van der Waals surface area (Å²) < 4.78 is 42.7. The molecule has 110 valence electrons. The van der Waals surface area contributed by atoms with E-state index in [1.165, 1.54) is 13.2 Å². The van der Waals surface area contributed by atoms with Gasteiger partial charge in [0, 0.05) is 22.3 Å². The van der Waals surface area contributed by atoms with Crippen molar-refractivity contribution in [3.8, 4) is 0 Å². The minimum atomic E-state index is -4.40. The number of methoxy groups -OCH3 is 1. The van der Waals surface area contributed by atoms with E-state index in [1.54, 1.807) is 13.0 Å². The predicted octanol–water partition coefficient (Wildman–Crippen LogP) is 4.00. The number of nitrogens with one attached hydrogen (secondary N) is 1. The summed E-state index contributed by atoms with van der Waals surface area (Å²) in [5, 5.41) is 2.79. The summed E-state index contributed by atoms with van der Waals surface area (Å²) in [6.45, 7) is 1.78. The number of anilines is 1. The van der Waals surface area contributed by atoms with Crippen LogP contribution >= 0.6 is 15.9 Å². The molecule has 0 aromatic heterocycles. The number of halogens is 4. The summed E-state index contributed by atoms with van der Waals surface area (Å²) in [7, 11) is 1.26. The van der Waals surface area contributed by atoms with E-state index in [-0.39, 0.29) is 6.54 Å². The van der Waals surface area contributed by atoms with Gasteiger partial charge in [0.2, 0.25) is 0 Å². The monoisotopic (exact) mass is 351 g/mol. The number of rotatable bonds is 4. The summed E-state index contributed by atoms with van der Waals surface area (Å²) in [5.74, 6) is -0.475. The number of carbonyl (C=O) groups excluding carboxylic acids is 1. The highest BCUT2D eigenvalue weighted by atomic mass is 79.9. The summed E-state index contributed by atoms with van der Waals surface area (Å²) in [6.07, 6.45) is -2.86. The van der Waals surface area contributed by atoms with Crippen LogP contribution in [-0.2, 0) is 15.7 Å². The van der Waals surface area contributed by atoms with Gasteiger partial charge in [0.25, 0.3) is 0 Å². The number of carbonyl (C=O) groups is 1. The Morgan fingerprint density at radius 1 is 1.40 bits per heavy atom. The Bertz CT molecular complexity index is 527. The average Bonchev–Trinajstić information content (AvgIpc) is 2.36. The molecule has 0 heterocycles. The van der Waals surface area contributed by atoms with Gasteiger partial charge >= 0.3 is 12.1 Å². The molecule has 1 N–H and O–H groups in total. The molecule has 0 aliphatic rings. The van der Waals surface area contributed by atoms with Gasteiger partial charge in [-0.2, -0.15) is 13.2 Å². The smallest absolute Gasteiger partial charge is 0.416 e. The van der Waals surface area contributed by atoms with Gasteiger partial charge in [0.1, 0.15) is 0 Å².